The van der Waals surface area contributed by atoms with Gasteiger partial charge in [-0.15, -0.1) is 0 Å². The van der Waals surface area contributed by atoms with Crippen LogP contribution >= 0.6 is 15.9 Å². The zero-order valence-electron chi connectivity index (χ0n) is 9.77. The van der Waals surface area contributed by atoms with E-state index in [1.54, 1.807) is 0 Å². The van der Waals surface area contributed by atoms with Crippen LogP contribution < -0.4 is 0 Å². The number of likely N-dealkylation sites (tertiary alicyclic amines) is 1. The third-order valence-electron chi connectivity index (χ3n) is 3.67. The number of alkyl halides is 1. The van der Waals surface area contributed by atoms with Crippen molar-refractivity contribution in [3.63, 3.8) is 0 Å². The molecule has 0 aliphatic carbocycles. The lowest BCUT2D eigenvalue weighted by atomic mass is 10.00. The predicted molar refractivity (Wildman–Crippen MR) is 69.9 cm³/mol. The molecule has 4 nitrogen and oxygen atoms in total. The smallest absolute Gasteiger partial charge is 0.227 e. The molecule has 98 valence electrons. The van der Waals surface area contributed by atoms with E-state index in [0.717, 1.165) is 31.1 Å². The maximum atomic E-state index is 12.3. The Labute approximate surface area is 111 Å². The minimum Gasteiger partial charge on any atom is -0.339 e. The van der Waals surface area contributed by atoms with Crippen molar-refractivity contribution in [1.29, 1.82) is 0 Å². The molecule has 2 rings (SSSR count). The number of rotatable bonds is 2. The van der Waals surface area contributed by atoms with Gasteiger partial charge in [0.05, 0.1) is 17.4 Å². The number of hydrogen-bond acceptors (Lipinski definition) is 3. The SMILES string of the molecule is O=C(C1CCS(=O)(=O)C1)N1CCCCC1CBr. The van der Waals surface area contributed by atoms with Gasteiger partial charge in [0.15, 0.2) is 9.84 Å². The highest BCUT2D eigenvalue weighted by molar-refractivity contribution is 9.09. The standard InChI is InChI=1S/C11H18BrNO3S/c12-7-10-3-1-2-5-13(10)11(14)9-4-6-17(15,16)8-9/h9-10H,1-8H2. The molecule has 0 spiro atoms. The van der Waals surface area contributed by atoms with Crippen LogP contribution in [0.4, 0.5) is 0 Å². The normalized spacial score (nSPS) is 32.6. The molecule has 0 aromatic carbocycles. The first-order valence-corrected chi connectivity index (χ1v) is 9.04. The molecule has 2 saturated heterocycles. The van der Waals surface area contributed by atoms with E-state index >= 15 is 0 Å². The Bertz CT molecular complexity index is 396. The summed E-state index contributed by atoms with van der Waals surface area (Å²) < 4.78 is 22.8. The van der Waals surface area contributed by atoms with Crippen LogP contribution in [0.5, 0.6) is 0 Å². The maximum Gasteiger partial charge on any atom is 0.227 e. The predicted octanol–water partition coefficient (Wildman–Crippen LogP) is 1.20. The Balaban J connectivity index is 2.04. The topological polar surface area (TPSA) is 54.5 Å². The average Bonchev–Trinajstić information content (AvgIpc) is 2.68. The third-order valence-corrected chi connectivity index (χ3v) is 6.19. The first-order valence-electron chi connectivity index (χ1n) is 6.10. The molecule has 2 aliphatic rings. The van der Waals surface area contributed by atoms with E-state index in [1.165, 1.54) is 0 Å². The van der Waals surface area contributed by atoms with Gasteiger partial charge in [-0.05, 0) is 25.7 Å². The minimum absolute atomic E-state index is 0.0511. The molecule has 0 bridgehead atoms. The van der Waals surface area contributed by atoms with Gasteiger partial charge in [-0.25, -0.2) is 8.42 Å². The molecule has 1 amide bonds. The van der Waals surface area contributed by atoms with E-state index < -0.39 is 9.84 Å². The van der Waals surface area contributed by atoms with Crippen LogP contribution in [0.15, 0.2) is 0 Å². The summed E-state index contributed by atoms with van der Waals surface area (Å²) >= 11 is 3.44. The summed E-state index contributed by atoms with van der Waals surface area (Å²) in [5.41, 5.74) is 0. The van der Waals surface area contributed by atoms with Crippen molar-refractivity contribution in [3.05, 3.63) is 0 Å². The molecule has 2 heterocycles. The van der Waals surface area contributed by atoms with Crippen LogP contribution in [0.2, 0.25) is 0 Å². The van der Waals surface area contributed by atoms with E-state index in [9.17, 15) is 13.2 Å². The van der Waals surface area contributed by atoms with E-state index in [2.05, 4.69) is 15.9 Å². The summed E-state index contributed by atoms with van der Waals surface area (Å²) in [6.45, 7) is 0.783. The maximum absolute atomic E-state index is 12.3. The van der Waals surface area contributed by atoms with Crippen LogP contribution in [0.1, 0.15) is 25.7 Å². The number of nitrogens with zero attached hydrogens (tertiary/aromatic N) is 1. The van der Waals surface area contributed by atoms with Gasteiger partial charge in [0.1, 0.15) is 0 Å². The molecule has 17 heavy (non-hydrogen) atoms. The second-order valence-electron chi connectivity index (χ2n) is 4.94. The van der Waals surface area contributed by atoms with Gasteiger partial charge in [0.25, 0.3) is 0 Å². The molecule has 2 unspecified atom stereocenters. The lowest BCUT2D eigenvalue weighted by Crippen LogP contribution is -2.47. The lowest BCUT2D eigenvalue weighted by Gasteiger charge is -2.36. The van der Waals surface area contributed by atoms with E-state index in [4.69, 9.17) is 0 Å². The van der Waals surface area contributed by atoms with Gasteiger partial charge >= 0.3 is 0 Å². The zero-order chi connectivity index (χ0) is 12.5. The monoisotopic (exact) mass is 323 g/mol. The van der Waals surface area contributed by atoms with Crippen molar-refractivity contribution in [2.24, 2.45) is 5.92 Å². The second-order valence-corrected chi connectivity index (χ2v) is 7.81. The van der Waals surface area contributed by atoms with Gasteiger partial charge in [0.2, 0.25) is 5.91 Å². The molecular formula is C11H18BrNO3S. The van der Waals surface area contributed by atoms with Crippen molar-refractivity contribution >= 4 is 31.7 Å². The highest BCUT2D eigenvalue weighted by Crippen LogP contribution is 2.26. The number of carbonyl (C=O) groups excluding carboxylic acids is 1. The van der Waals surface area contributed by atoms with E-state index in [0.29, 0.717) is 6.42 Å². The number of amides is 1. The number of carbonyl (C=O) groups is 1. The van der Waals surface area contributed by atoms with Crippen LogP contribution in [0, 0.1) is 5.92 Å². The molecule has 0 saturated carbocycles. The Hall–Kier alpha value is -0.100. The number of piperidine rings is 1. The summed E-state index contributed by atoms with van der Waals surface area (Å²) in [4.78, 5) is 14.2. The zero-order valence-corrected chi connectivity index (χ0v) is 12.2. The second kappa shape index (κ2) is 5.26. The third kappa shape index (κ3) is 3.02. The lowest BCUT2D eigenvalue weighted by molar-refractivity contribution is -0.137. The Morgan fingerprint density at radius 3 is 2.65 bits per heavy atom. The number of sulfone groups is 1. The van der Waals surface area contributed by atoms with Crippen molar-refractivity contribution in [2.75, 3.05) is 23.4 Å². The molecule has 0 aromatic heterocycles. The van der Waals surface area contributed by atoms with E-state index in [-0.39, 0.29) is 29.4 Å². The molecule has 0 aromatic rings. The minimum atomic E-state index is -2.96. The van der Waals surface area contributed by atoms with E-state index in [1.807, 2.05) is 4.90 Å². The Morgan fingerprint density at radius 2 is 2.06 bits per heavy atom. The molecule has 2 fully saturated rings. The van der Waals surface area contributed by atoms with Gasteiger partial charge < -0.3 is 4.90 Å². The fourth-order valence-corrected chi connectivity index (χ4v) is 5.08. The van der Waals surface area contributed by atoms with Gasteiger partial charge in [-0.2, -0.15) is 0 Å². The summed E-state index contributed by atoms with van der Waals surface area (Å²) in [7, 11) is -2.96. The van der Waals surface area contributed by atoms with Crippen molar-refractivity contribution in [2.45, 2.75) is 31.7 Å². The van der Waals surface area contributed by atoms with Crippen molar-refractivity contribution in [3.8, 4) is 0 Å². The Kier molecular flexibility index (Phi) is 4.13. The first kappa shape index (κ1) is 13.3. The Morgan fingerprint density at radius 1 is 1.29 bits per heavy atom. The highest BCUT2D eigenvalue weighted by atomic mass is 79.9. The van der Waals surface area contributed by atoms with Gasteiger partial charge in [-0.3, -0.25) is 4.79 Å². The highest BCUT2D eigenvalue weighted by Gasteiger charge is 2.37. The molecule has 0 N–H and O–H groups in total. The fraction of sp³-hybridized carbons (Fsp3) is 0.909. The largest absolute Gasteiger partial charge is 0.339 e. The van der Waals surface area contributed by atoms with Crippen LogP contribution in [0.25, 0.3) is 0 Å². The molecule has 6 heteroatoms. The van der Waals surface area contributed by atoms with Crippen LogP contribution in [-0.4, -0.2) is 48.6 Å². The number of hydrogen-bond donors (Lipinski definition) is 0. The molecule has 2 aliphatic heterocycles. The summed E-state index contributed by atoms with van der Waals surface area (Å²) in [6.07, 6.45) is 3.72. The van der Waals surface area contributed by atoms with Gasteiger partial charge in [0, 0.05) is 17.9 Å². The molecular weight excluding hydrogens is 306 g/mol. The van der Waals surface area contributed by atoms with Crippen LogP contribution in [0.3, 0.4) is 0 Å². The molecule has 0 radical (unpaired) electrons. The first-order chi connectivity index (χ1) is 8.03. The van der Waals surface area contributed by atoms with Crippen molar-refractivity contribution < 1.29 is 13.2 Å². The fourth-order valence-electron chi connectivity index (χ4n) is 2.68. The molecule has 2 atom stereocenters. The van der Waals surface area contributed by atoms with Crippen LogP contribution in [-0.2, 0) is 14.6 Å². The summed E-state index contributed by atoms with van der Waals surface area (Å²) in [5.74, 6) is -0.0111. The summed E-state index contributed by atoms with van der Waals surface area (Å²) in [5, 5.41) is 0.790. The average molecular weight is 324 g/mol. The summed E-state index contributed by atoms with van der Waals surface area (Å²) in [6, 6.07) is 0.250. The quantitative estimate of drug-likeness (QED) is 0.717. The van der Waals surface area contributed by atoms with Crippen molar-refractivity contribution in [1.82, 2.24) is 4.90 Å². The van der Waals surface area contributed by atoms with Gasteiger partial charge in [-0.1, -0.05) is 15.9 Å². The number of halogens is 1.